The summed E-state index contributed by atoms with van der Waals surface area (Å²) in [5.74, 6) is 2.39. The molecule has 0 spiro atoms. The van der Waals surface area contributed by atoms with Gasteiger partial charge < -0.3 is 11.1 Å². The Labute approximate surface area is 138 Å². The molecule has 0 bridgehead atoms. The van der Waals surface area contributed by atoms with E-state index >= 15 is 0 Å². The molecular formula is C18H26N4O. The molecule has 3 rings (SSSR count). The van der Waals surface area contributed by atoms with Crippen LogP contribution in [-0.4, -0.2) is 25.1 Å². The van der Waals surface area contributed by atoms with Gasteiger partial charge in [0.25, 0.3) is 0 Å². The Hall–Kier alpha value is -2.17. The van der Waals surface area contributed by atoms with Crippen LogP contribution in [-0.2, 0) is 4.79 Å². The van der Waals surface area contributed by atoms with Crippen molar-refractivity contribution in [3.63, 3.8) is 0 Å². The van der Waals surface area contributed by atoms with E-state index in [1.54, 1.807) is 7.05 Å². The number of carbonyl (C=O) groups is 1. The summed E-state index contributed by atoms with van der Waals surface area (Å²) < 4.78 is 0. The molecule has 1 aromatic rings. The van der Waals surface area contributed by atoms with Crippen LogP contribution in [0.4, 0.5) is 5.69 Å². The molecule has 2 fully saturated rings. The maximum atomic E-state index is 12.3. The Morgan fingerprint density at radius 2 is 2.09 bits per heavy atom. The predicted molar refractivity (Wildman–Crippen MR) is 96.0 cm³/mol. The number of anilines is 1. The summed E-state index contributed by atoms with van der Waals surface area (Å²) >= 11 is 0. The second-order valence-corrected chi connectivity index (χ2v) is 6.67. The van der Waals surface area contributed by atoms with Crippen LogP contribution in [0, 0.1) is 24.7 Å². The third-order valence-corrected chi connectivity index (χ3v) is 4.93. The minimum absolute atomic E-state index is 0. The highest BCUT2D eigenvalue weighted by Gasteiger charge is 2.42. The van der Waals surface area contributed by atoms with Crippen LogP contribution in [0.1, 0.15) is 38.2 Å². The summed E-state index contributed by atoms with van der Waals surface area (Å²) in [4.78, 5) is 20.2. The van der Waals surface area contributed by atoms with Gasteiger partial charge in [-0.3, -0.25) is 9.79 Å². The van der Waals surface area contributed by atoms with Gasteiger partial charge in [-0.2, -0.15) is 0 Å². The summed E-state index contributed by atoms with van der Waals surface area (Å²) in [6.45, 7) is 1.97. The van der Waals surface area contributed by atoms with Crippen molar-refractivity contribution >= 4 is 23.8 Å². The van der Waals surface area contributed by atoms with Crippen molar-refractivity contribution in [2.24, 2.45) is 33.5 Å². The van der Waals surface area contributed by atoms with Crippen LogP contribution in [0.2, 0.25) is 0 Å². The number of nitrogens with zero attached hydrogens (tertiary/aromatic N) is 2. The van der Waals surface area contributed by atoms with Gasteiger partial charge in [0.1, 0.15) is 12.2 Å². The van der Waals surface area contributed by atoms with Crippen LogP contribution in [0.3, 0.4) is 0 Å². The molecule has 2 aliphatic rings. The lowest BCUT2D eigenvalue weighted by molar-refractivity contribution is -0.124. The van der Waals surface area contributed by atoms with E-state index in [1.165, 1.54) is 19.2 Å². The molecule has 0 heterocycles. The molecule has 124 valence electrons. The Morgan fingerprint density at radius 1 is 1.35 bits per heavy atom. The van der Waals surface area contributed by atoms with E-state index in [4.69, 9.17) is 5.73 Å². The number of amidine groups is 1. The Balaban J connectivity index is 0.00000208. The number of nitrogens with one attached hydrogen (secondary N) is 1. The number of hydrogen-bond acceptors (Lipinski definition) is 2. The molecule has 0 atom stereocenters. The highest BCUT2D eigenvalue weighted by Crippen LogP contribution is 2.49. The first-order valence-electron chi connectivity index (χ1n) is 8.24. The molecule has 5 nitrogen and oxygen atoms in total. The van der Waals surface area contributed by atoms with Gasteiger partial charge >= 0.3 is 0 Å². The van der Waals surface area contributed by atoms with Gasteiger partial charge in [0, 0.05) is 25.6 Å². The summed E-state index contributed by atoms with van der Waals surface area (Å²) in [7, 11) is 1.65. The van der Waals surface area contributed by atoms with Crippen LogP contribution < -0.4 is 11.1 Å². The zero-order valence-electron chi connectivity index (χ0n) is 13.7. The van der Waals surface area contributed by atoms with Gasteiger partial charge in [-0.05, 0) is 62.1 Å². The molecule has 2 saturated carbocycles. The Bertz CT molecular complexity index is 661. The molecular weight excluding hydrogens is 288 g/mol. The number of amides is 1. The Kier molecular flexibility index (Phi) is 4.46. The fourth-order valence-electron chi connectivity index (χ4n) is 3.24. The third-order valence-electron chi connectivity index (χ3n) is 4.93. The maximum absolute atomic E-state index is 12.3. The molecule has 0 aromatic heterocycles. The van der Waals surface area contributed by atoms with E-state index in [1.807, 2.05) is 25.1 Å². The first-order valence-corrected chi connectivity index (χ1v) is 8.24. The number of benzene rings is 1. The van der Waals surface area contributed by atoms with Gasteiger partial charge in [-0.25, -0.2) is 4.99 Å². The fraction of sp³-hybridized carbons (Fsp3) is 0.500. The quantitative estimate of drug-likeness (QED) is 0.647. The summed E-state index contributed by atoms with van der Waals surface area (Å²) in [5, 5.41) is 3.02. The van der Waals surface area contributed by atoms with E-state index in [0.717, 1.165) is 41.5 Å². The van der Waals surface area contributed by atoms with Crippen molar-refractivity contribution in [3.05, 3.63) is 29.3 Å². The number of rotatable bonds is 5. The van der Waals surface area contributed by atoms with Crippen molar-refractivity contribution in [1.29, 1.82) is 0 Å². The molecule has 0 unspecified atom stereocenters. The number of aliphatic imine (C=N–C) groups is 2. The second kappa shape index (κ2) is 6.52. The van der Waals surface area contributed by atoms with Crippen molar-refractivity contribution in [2.45, 2.75) is 32.6 Å². The summed E-state index contributed by atoms with van der Waals surface area (Å²) in [5.41, 5.74) is 8.60. The second-order valence-electron chi connectivity index (χ2n) is 6.67. The minimum Gasteiger partial charge on any atom is -0.383 e. The van der Waals surface area contributed by atoms with Gasteiger partial charge in [0.2, 0.25) is 5.91 Å². The van der Waals surface area contributed by atoms with Crippen molar-refractivity contribution < 1.29 is 6.22 Å². The number of nitrogens with two attached hydrogens (primary N) is 1. The van der Waals surface area contributed by atoms with E-state index in [0.29, 0.717) is 5.84 Å². The molecule has 0 saturated heterocycles. The minimum atomic E-state index is 0. The molecule has 0 aliphatic heterocycles. The lowest BCUT2D eigenvalue weighted by Crippen LogP contribution is -2.35. The van der Waals surface area contributed by atoms with Crippen LogP contribution >= 0.6 is 0 Å². The lowest BCUT2D eigenvalue weighted by atomic mass is 9.72. The van der Waals surface area contributed by atoms with E-state index < -0.39 is 0 Å². The number of hydrogen-bond donors (Lipinski definition) is 2. The van der Waals surface area contributed by atoms with Gasteiger partial charge in [0.05, 0.1) is 0 Å². The summed E-state index contributed by atoms with van der Waals surface area (Å²) in [6.07, 6.45) is 6.24. The largest absolute Gasteiger partial charge is 0.383 e. The highest BCUT2D eigenvalue weighted by molar-refractivity contribution is 6.03. The molecule has 2 aliphatic carbocycles. The molecule has 23 heavy (non-hydrogen) atoms. The SMILES string of the molecule is CN=CN=C(N)c1cc(NC(=O)C2CC(C3CC3)C2)ccc1C.[HH]. The molecule has 1 aromatic carbocycles. The van der Waals surface area contributed by atoms with Crippen LogP contribution in [0.5, 0.6) is 0 Å². The average molecular weight is 314 g/mol. The maximum Gasteiger partial charge on any atom is 0.227 e. The highest BCUT2D eigenvalue weighted by atomic mass is 16.1. The first kappa shape index (κ1) is 15.7. The number of aryl methyl sites for hydroxylation is 1. The van der Waals surface area contributed by atoms with Crippen molar-refractivity contribution in [2.75, 3.05) is 12.4 Å². The Morgan fingerprint density at radius 3 is 2.74 bits per heavy atom. The van der Waals surface area contributed by atoms with Crippen molar-refractivity contribution in [3.8, 4) is 0 Å². The van der Waals surface area contributed by atoms with Gasteiger partial charge in [0.15, 0.2) is 0 Å². The zero-order valence-corrected chi connectivity index (χ0v) is 13.7. The van der Waals surface area contributed by atoms with E-state index in [2.05, 4.69) is 15.3 Å². The topological polar surface area (TPSA) is 79.8 Å². The monoisotopic (exact) mass is 314 g/mol. The summed E-state index contributed by atoms with van der Waals surface area (Å²) in [6, 6.07) is 5.74. The average Bonchev–Trinajstić information content (AvgIpc) is 3.30. The normalized spacial score (nSPS) is 24.5. The van der Waals surface area contributed by atoms with E-state index in [9.17, 15) is 4.79 Å². The molecule has 5 heteroatoms. The smallest absolute Gasteiger partial charge is 0.227 e. The van der Waals surface area contributed by atoms with E-state index in [-0.39, 0.29) is 13.3 Å². The van der Waals surface area contributed by atoms with Crippen LogP contribution in [0.15, 0.2) is 28.2 Å². The molecule has 0 radical (unpaired) electrons. The molecule has 1 amide bonds. The first-order chi connectivity index (χ1) is 11.1. The molecule has 3 N–H and O–H groups in total. The van der Waals surface area contributed by atoms with Crippen molar-refractivity contribution in [1.82, 2.24) is 0 Å². The lowest BCUT2D eigenvalue weighted by Gasteiger charge is -2.34. The van der Waals surface area contributed by atoms with Gasteiger partial charge in [-0.1, -0.05) is 6.07 Å². The zero-order chi connectivity index (χ0) is 16.4. The standard InChI is InChI=1S/C18H24N4O.H2/c1-11-3-6-15(9-16(11)17(19)21-10-20-2)22-18(23)14-7-13(8-14)12-4-5-12;/h3,6,9-10,12-14H,4-5,7-8H2,1-2H3,(H,22,23)(H2,19,20,21);1H. The van der Waals surface area contributed by atoms with Crippen LogP contribution in [0.25, 0.3) is 0 Å². The number of carbonyl (C=O) groups excluding carboxylic acids is 1. The third kappa shape index (κ3) is 3.60. The fourth-order valence-corrected chi connectivity index (χ4v) is 3.24. The predicted octanol–water partition coefficient (Wildman–Crippen LogP) is 2.98. The van der Waals surface area contributed by atoms with Gasteiger partial charge in [-0.15, -0.1) is 0 Å².